The van der Waals surface area contributed by atoms with E-state index in [2.05, 4.69) is 0 Å². The van der Waals surface area contributed by atoms with Crippen molar-refractivity contribution in [2.24, 2.45) is 0 Å². The second kappa shape index (κ2) is 7.76. The lowest BCUT2D eigenvalue weighted by Crippen LogP contribution is -2.39. The van der Waals surface area contributed by atoms with Gasteiger partial charge in [0.25, 0.3) is 11.8 Å². The molecule has 0 saturated carbocycles. The molecule has 28 heavy (non-hydrogen) atoms. The molecule has 3 rings (SSSR count). The zero-order chi connectivity index (χ0) is 20.4. The fraction of sp³-hybridized carbons (Fsp3) is 0.273. The fourth-order valence-electron chi connectivity index (χ4n) is 3.35. The van der Waals surface area contributed by atoms with Gasteiger partial charge >= 0.3 is 0 Å². The summed E-state index contributed by atoms with van der Waals surface area (Å²) < 4.78 is 10.7. The van der Waals surface area contributed by atoms with Crippen LogP contribution in [0.15, 0.2) is 54.2 Å². The number of amides is 2. The highest BCUT2D eigenvalue weighted by Crippen LogP contribution is 2.37. The van der Waals surface area contributed by atoms with Crippen LogP contribution in [-0.4, -0.2) is 44.0 Å². The van der Waals surface area contributed by atoms with Gasteiger partial charge in [0.1, 0.15) is 5.70 Å². The minimum absolute atomic E-state index is 0.253. The molecule has 0 bridgehead atoms. The summed E-state index contributed by atoms with van der Waals surface area (Å²) in [6.45, 7) is 3.65. The largest absolute Gasteiger partial charge is 0.493 e. The minimum Gasteiger partial charge on any atom is -0.493 e. The first-order valence-corrected chi connectivity index (χ1v) is 9.04. The normalized spacial score (nSPS) is 14.1. The van der Waals surface area contributed by atoms with Gasteiger partial charge in [0, 0.05) is 18.8 Å². The number of carbonyl (C=O) groups excluding carboxylic acids is 2. The molecule has 6 heteroatoms. The Bertz CT molecular complexity index is 935. The van der Waals surface area contributed by atoms with Crippen molar-refractivity contribution >= 4 is 23.1 Å². The van der Waals surface area contributed by atoms with Crippen LogP contribution in [0.5, 0.6) is 11.5 Å². The van der Waals surface area contributed by atoms with Crippen molar-refractivity contribution in [1.82, 2.24) is 4.90 Å². The summed E-state index contributed by atoms with van der Waals surface area (Å²) >= 11 is 0. The Morgan fingerprint density at radius 1 is 0.893 bits per heavy atom. The molecule has 1 aliphatic heterocycles. The molecular weight excluding hydrogens is 356 g/mol. The van der Waals surface area contributed by atoms with E-state index in [0.29, 0.717) is 28.3 Å². The van der Waals surface area contributed by atoms with Crippen LogP contribution >= 0.6 is 0 Å². The molecule has 0 fully saturated rings. The third kappa shape index (κ3) is 3.22. The highest BCUT2D eigenvalue weighted by atomic mass is 16.5. The van der Waals surface area contributed by atoms with Gasteiger partial charge in [0.05, 0.1) is 19.8 Å². The molecule has 146 valence electrons. The van der Waals surface area contributed by atoms with Crippen LogP contribution in [0.4, 0.5) is 5.69 Å². The lowest BCUT2D eigenvalue weighted by atomic mass is 10.0. The van der Waals surface area contributed by atoms with Crippen molar-refractivity contribution in [2.45, 2.75) is 19.9 Å². The quantitative estimate of drug-likeness (QED) is 0.720. The molecule has 0 unspecified atom stereocenters. The second-order valence-corrected chi connectivity index (χ2v) is 6.76. The first kappa shape index (κ1) is 19.5. The van der Waals surface area contributed by atoms with Crippen LogP contribution in [0.25, 0.3) is 5.57 Å². The van der Waals surface area contributed by atoms with E-state index in [1.807, 2.05) is 44.2 Å². The van der Waals surface area contributed by atoms with Crippen molar-refractivity contribution in [1.29, 1.82) is 0 Å². The second-order valence-electron chi connectivity index (χ2n) is 6.76. The Morgan fingerprint density at radius 2 is 1.54 bits per heavy atom. The summed E-state index contributed by atoms with van der Waals surface area (Å²) in [5.41, 5.74) is 2.13. The predicted octanol–water partition coefficient (Wildman–Crippen LogP) is 3.33. The number of nitrogens with zero attached hydrogens (tertiary/aromatic N) is 2. The third-order valence-corrected chi connectivity index (χ3v) is 4.76. The van der Waals surface area contributed by atoms with E-state index in [1.54, 1.807) is 37.3 Å². The maximum atomic E-state index is 13.2. The van der Waals surface area contributed by atoms with E-state index in [0.717, 1.165) is 5.69 Å². The first-order valence-electron chi connectivity index (χ1n) is 9.04. The van der Waals surface area contributed by atoms with Crippen LogP contribution in [0.1, 0.15) is 19.4 Å². The molecule has 2 amide bonds. The number of hydrogen-bond donors (Lipinski definition) is 0. The summed E-state index contributed by atoms with van der Waals surface area (Å²) in [6.07, 6.45) is 0. The van der Waals surface area contributed by atoms with Gasteiger partial charge in [-0.25, -0.2) is 0 Å². The minimum atomic E-state index is -0.315. The van der Waals surface area contributed by atoms with E-state index in [1.165, 1.54) is 12.0 Å². The van der Waals surface area contributed by atoms with Crippen molar-refractivity contribution in [2.75, 3.05) is 26.2 Å². The number of imide groups is 1. The van der Waals surface area contributed by atoms with Crippen molar-refractivity contribution < 1.29 is 19.1 Å². The standard InChI is InChI=1S/C22H24N2O4/c1-14(2)24-21(25)19(15-11-12-17(27-4)18(13-15)28-5)20(22(24)26)23(3)16-9-7-6-8-10-16/h6-14H,1-5H3. The van der Waals surface area contributed by atoms with E-state index in [4.69, 9.17) is 9.47 Å². The van der Waals surface area contributed by atoms with Gasteiger partial charge in [-0.3, -0.25) is 14.5 Å². The molecule has 0 atom stereocenters. The molecule has 0 saturated heterocycles. The molecule has 1 aliphatic rings. The van der Waals surface area contributed by atoms with Gasteiger partial charge in [-0.15, -0.1) is 0 Å². The Kier molecular flexibility index (Phi) is 5.40. The smallest absolute Gasteiger partial charge is 0.278 e. The predicted molar refractivity (Wildman–Crippen MR) is 108 cm³/mol. The number of anilines is 1. The number of hydrogen-bond acceptors (Lipinski definition) is 5. The van der Waals surface area contributed by atoms with Gasteiger partial charge in [-0.1, -0.05) is 24.3 Å². The lowest BCUT2D eigenvalue weighted by molar-refractivity contribution is -0.138. The molecule has 0 aromatic heterocycles. The van der Waals surface area contributed by atoms with E-state index in [9.17, 15) is 9.59 Å². The number of rotatable bonds is 6. The summed E-state index contributed by atoms with van der Waals surface area (Å²) in [6, 6.07) is 14.5. The van der Waals surface area contributed by atoms with Gasteiger partial charge in [0.2, 0.25) is 0 Å². The highest BCUT2D eigenvalue weighted by molar-refractivity contribution is 6.36. The van der Waals surface area contributed by atoms with Crippen LogP contribution in [0, 0.1) is 0 Å². The molecule has 0 N–H and O–H groups in total. The van der Waals surface area contributed by atoms with Crippen molar-refractivity contribution in [3.05, 3.63) is 59.8 Å². The zero-order valence-electron chi connectivity index (χ0n) is 16.7. The first-order chi connectivity index (χ1) is 13.4. The Labute approximate surface area is 165 Å². The number of methoxy groups -OCH3 is 2. The van der Waals surface area contributed by atoms with Crippen LogP contribution in [-0.2, 0) is 9.59 Å². The average Bonchev–Trinajstić information content (AvgIpc) is 2.97. The molecule has 2 aromatic rings. The highest BCUT2D eigenvalue weighted by Gasteiger charge is 2.42. The van der Waals surface area contributed by atoms with Gasteiger partial charge < -0.3 is 14.4 Å². The molecule has 0 aliphatic carbocycles. The van der Waals surface area contributed by atoms with Gasteiger partial charge in [0.15, 0.2) is 11.5 Å². The average molecular weight is 380 g/mol. The summed E-state index contributed by atoms with van der Waals surface area (Å²) in [4.78, 5) is 29.4. The Morgan fingerprint density at radius 3 is 2.11 bits per heavy atom. The molecular formula is C22H24N2O4. The van der Waals surface area contributed by atoms with Crippen LogP contribution < -0.4 is 14.4 Å². The Balaban J connectivity index is 2.20. The molecule has 2 aromatic carbocycles. The summed E-state index contributed by atoms with van der Waals surface area (Å²) in [5.74, 6) is 0.431. The monoisotopic (exact) mass is 380 g/mol. The number of para-hydroxylation sites is 1. The lowest BCUT2D eigenvalue weighted by Gasteiger charge is -2.23. The van der Waals surface area contributed by atoms with Gasteiger partial charge in [-0.05, 0) is 43.7 Å². The van der Waals surface area contributed by atoms with E-state index in [-0.39, 0.29) is 17.9 Å². The van der Waals surface area contributed by atoms with E-state index < -0.39 is 0 Å². The van der Waals surface area contributed by atoms with Gasteiger partial charge in [-0.2, -0.15) is 0 Å². The number of ether oxygens (including phenoxy) is 2. The Hall–Kier alpha value is -3.28. The van der Waals surface area contributed by atoms with Crippen LogP contribution in [0.3, 0.4) is 0 Å². The molecule has 1 heterocycles. The molecule has 0 spiro atoms. The SMILES string of the molecule is COc1ccc(C2=C(N(C)c3ccccc3)C(=O)N(C(C)C)C2=O)cc1OC. The van der Waals surface area contributed by atoms with E-state index >= 15 is 0 Å². The zero-order valence-corrected chi connectivity index (χ0v) is 16.7. The van der Waals surface area contributed by atoms with Crippen molar-refractivity contribution in [3.8, 4) is 11.5 Å². The molecule has 0 radical (unpaired) electrons. The number of carbonyl (C=O) groups is 2. The number of likely N-dealkylation sites (N-methyl/N-ethyl adjacent to an activating group) is 1. The molecule has 6 nitrogen and oxygen atoms in total. The third-order valence-electron chi connectivity index (χ3n) is 4.76. The fourth-order valence-corrected chi connectivity index (χ4v) is 3.35. The maximum absolute atomic E-state index is 13.2. The van der Waals surface area contributed by atoms with Crippen molar-refractivity contribution in [3.63, 3.8) is 0 Å². The maximum Gasteiger partial charge on any atom is 0.278 e. The number of benzene rings is 2. The topological polar surface area (TPSA) is 59.1 Å². The summed E-state index contributed by atoms with van der Waals surface area (Å²) in [7, 11) is 4.88. The van der Waals surface area contributed by atoms with Crippen LogP contribution in [0.2, 0.25) is 0 Å². The summed E-state index contributed by atoms with van der Waals surface area (Å²) in [5, 5.41) is 0.